The second-order valence-corrected chi connectivity index (χ2v) is 14.0. The number of amides is 3. The lowest BCUT2D eigenvalue weighted by atomic mass is 10.1. The maximum Gasteiger partial charge on any atom is 0.416 e. The zero-order chi connectivity index (χ0) is 34.7. The number of aromatic nitrogens is 3. The normalized spacial score (nSPS) is 14.2. The number of fused-ring (bicyclic) bond motifs is 1. The second kappa shape index (κ2) is 14.0. The summed E-state index contributed by atoms with van der Waals surface area (Å²) in [7, 11) is 0. The molecule has 47 heavy (non-hydrogen) atoms. The molecule has 1 fully saturated rings. The van der Waals surface area contributed by atoms with E-state index in [1.165, 1.54) is 4.90 Å². The Hall–Kier alpha value is -4.68. The molecule has 3 amide bonds. The lowest BCUT2D eigenvalue weighted by Gasteiger charge is -2.34. The van der Waals surface area contributed by atoms with Crippen LogP contribution in [-0.2, 0) is 20.8 Å². The average molecular weight is 652 g/mol. The van der Waals surface area contributed by atoms with E-state index in [1.54, 1.807) is 55.7 Å². The Bertz CT molecular complexity index is 1630. The Labute approximate surface area is 275 Å². The fraction of sp³-hybridized carbons (Fsp3) is 0.500. The number of ether oxygens (including phenoxy) is 2. The molecule has 1 aliphatic rings. The molecule has 0 spiro atoms. The minimum atomic E-state index is -1.11. The molecule has 2 N–H and O–H groups in total. The van der Waals surface area contributed by atoms with Crippen molar-refractivity contribution in [3.8, 4) is 0 Å². The quantitative estimate of drug-likeness (QED) is 0.257. The first kappa shape index (κ1) is 35.2. The number of alkyl carbamates (subject to hydrolysis) is 1. The Morgan fingerprint density at radius 2 is 1.72 bits per heavy atom. The van der Waals surface area contributed by atoms with Gasteiger partial charge < -0.3 is 25.0 Å². The van der Waals surface area contributed by atoms with Gasteiger partial charge in [-0.15, -0.1) is 0 Å². The van der Waals surface area contributed by atoms with Crippen LogP contribution in [0.5, 0.6) is 0 Å². The van der Waals surface area contributed by atoms with Crippen molar-refractivity contribution in [1.82, 2.24) is 19.9 Å². The highest BCUT2D eigenvalue weighted by Gasteiger charge is 2.30. The molecular formula is C34H46FN7O5. The minimum Gasteiger partial charge on any atom is -0.444 e. The van der Waals surface area contributed by atoms with Crippen molar-refractivity contribution in [2.75, 3.05) is 28.2 Å². The number of carbonyl (C=O) groups excluding carboxylic acids is 3. The Morgan fingerprint density at radius 3 is 2.32 bits per heavy atom. The van der Waals surface area contributed by atoms with Crippen molar-refractivity contribution >= 4 is 41.1 Å². The molecule has 0 atom stereocenters. The van der Waals surface area contributed by atoms with E-state index in [0.29, 0.717) is 54.5 Å². The third-order valence-corrected chi connectivity index (χ3v) is 7.29. The van der Waals surface area contributed by atoms with Gasteiger partial charge in [-0.1, -0.05) is 32.6 Å². The number of halogens is 1. The molecule has 0 unspecified atom stereocenters. The summed E-state index contributed by atoms with van der Waals surface area (Å²) in [6, 6.07) is 8.53. The maximum absolute atomic E-state index is 13.9. The summed E-state index contributed by atoms with van der Waals surface area (Å²) in [5.41, 5.74) is 1.14. The first-order valence-corrected chi connectivity index (χ1v) is 15.8. The molecule has 254 valence electrons. The monoisotopic (exact) mass is 651 g/mol. The number of nitrogens with zero attached hydrogens (tertiary/aromatic N) is 5. The summed E-state index contributed by atoms with van der Waals surface area (Å²) in [5.74, 6) is -0.864. The molecule has 1 aliphatic heterocycles. The summed E-state index contributed by atoms with van der Waals surface area (Å²) in [6.07, 6.45) is 2.06. The molecule has 0 saturated carbocycles. The molecule has 3 aromatic rings. The minimum absolute atomic E-state index is 0.0481. The number of carbonyl (C=O) groups is 3. The van der Waals surface area contributed by atoms with E-state index in [0.717, 1.165) is 5.56 Å². The van der Waals surface area contributed by atoms with E-state index in [-0.39, 0.29) is 18.5 Å². The van der Waals surface area contributed by atoms with Crippen molar-refractivity contribution in [3.63, 3.8) is 0 Å². The molecule has 4 rings (SSSR count). The summed E-state index contributed by atoms with van der Waals surface area (Å²) < 4.78 is 26.3. The molecule has 3 heterocycles. The van der Waals surface area contributed by atoms with Crippen LogP contribution >= 0.6 is 0 Å². The first-order chi connectivity index (χ1) is 21.9. The first-order valence-electron chi connectivity index (χ1n) is 15.8. The largest absolute Gasteiger partial charge is 0.444 e. The van der Waals surface area contributed by atoms with Gasteiger partial charge in [-0.3, -0.25) is 9.69 Å². The van der Waals surface area contributed by atoms with Crippen LogP contribution in [0.3, 0.4) is 0 Å². The Balaban J connectivity index is 1.71. The zero-order valence-corrected chi connectivity index (χ0v) is 28.5. The van der Waals surface area contributed by atoms with Crippen LogP contribution in [0, 0.1) is 0 Å². The van der Waals surface area contributed by atoms with Gasteiger partial charge in [-0.25, -0.2) is 19.0 Å². The smallest absolute Gasteiger partial charge is 0.416 e. The van der Waals surface area contributed by atoms with Gasteiger partial charge >= 0.3 is 12.2 Å². The van der Waals surface area contributed by atoms with Crippen LogP contribution in [0.4, 0.5) is 31.3 Å². The maximum atomic E-state index is 13.9. The Morgan fingerprint density at radius 1 is 1.06 bits per heavy atom. The third kappa shape index (κ3) is 9.43. The van der Waals surface area contributed by atoms with Crippen molar-refractivity contribution in [3.05, 3.63) is 60.1 Å². The highest BCUT2D eigenvalue weighted by atomic mass is 19.1. The van der Waals surface area contributed by atoms with Gasteiger partial charge in [0.25, 0.3) is 5.91 Å². The van der Waals surface area contributed by atoms with Crippen LogP contribution in [0.2, 0.25) is 0 Å². The molecule has 0 bridgehead atoms. The van der Waals surface area contributed by atoms with Gasteiger partial charge in [0.05, 0.1) is 12.7 Å². The molecule has 12 nitrogen and oxygen atoms in total. The number of piperidine rings is 1. The van der Waals surface area contributed by atoms with Crippen molar-refractivity contribution in [2.24, 2.45) is 0 Å². The number of benzene rings is 1. The van der Waals surface area contributed by atoms with Crippen LogP contribution in [0.15, 0.2) is 48.9 Å². The van der Waals surface area contributed by atoms with Crippen molar-refractivity contribution < 1.29 is 28.2 Å². The fourth-order valence-corrected chi connectivity index (χ4v) is 5.13. The van der Waals surface area contributed by atoms with E-state index in [2.05, 4.69) is 41.1 Å². The van der Waals surface area contributed by atoms with Gasteiger partial charge in [-0.05, 0) is 78.0 Å². The fourth-order valence-electron chi connectivity index (χ4n) is 5.13. The molecule has 0 radical (unpaired) electrons. The van der Waals surface area contributed by atoms with Gasteiger partial charge in [-0.2, -0.15) is 9.61 Å². The average Bonchev–Trinajstić information content (AvgIpc) is 3.39. The van der Waals surface area contributed by atoms with E-state index in [9.17, 15) is 18.8 Å². The van der Waals surface area contributed by atoms with Gasteiger partial charge in [0.1, 0.15) is 22.8 Å². The number of nitrogens with one attached hydrogen (secondary N) is 2. The summed E-state index contributed by atoms with van der Waals surface area (Å²) in [6.45, 7) is 19.3. The van der Waals surface area contributed by atoms with Crippen LogP contribution in [-0.4, -0.2) is 63.0 Å². The van der Waals surface area contributed by atoms with Crippen molar-refractivity contribution in [2.45, 2.75) is 97.9 Å². The van der Waals surface area contributed by atoms with Crippen LogP contribution in [0.25, 0.3) is 5.65 Å². The topological polar surface area (TPSA) is 130 Å². The summed E-state index contributed by atoms with van der Waals surface area (Å²) in [4.78, 5) is 46.8. The van der Waals surface area contributed by atoms with E-state index in [4.69, 9.17) is 14.5 Å². The van der Waals surface area contributed by atoms with Crippen LogP contribution < -0.4 is 20.4 Å². The van der Waals surface area contributed by atoms with Crippen LogP contribution in [0.1, 0.15) is 85.3 Å². The molecule has 1 aromatic carbocycles. The predicted molar refractivity (Wildman–Crippen MR) is 179 cm³/mol. The number of rotatable bonds is 8. The highest BCUT2D eigenvalue weighted by Crippen LogP contribution is 2.31. The standard InChI is InChI=1S/C34H46FN7O5/c1-21(2)26-19-36-42-28(18-27(39-29(26)42)40-15-13-24(14-16-40)38-31(44)46-33(4,5)6)41(32(45)47-34(7,8)9)20-23-11-10-12-25(17-23)37-30(43)22(3)35/h10-12,17-19,21,24H,3,13-16,20H2,1-2,4-9H3,(H,37,43)(H,38,44). The van der Waals surface area contributed by atoms with E-state index < -0.39 is 35.1 Å². The summed E-state index contributed by atoms with van der Waals surface area (Å²) in [5, 5.41) is 10.1. The van der Waals surface area contributed by atoms with E-state index >= 15 is 0 Å². The molecule has 1 saturated heterocycles. The molecule has 13 heteroatoms. The second-order valence-electron chi connectivity index (χ2n) is 14.0. The zero-order valence-electron chi connectivity index (χ0n) is 28.5. The lowest BCUT2D eigenvalue weighted by molar-refractivity contribution is -0.114. The molecular weight excluding hydrogens is 605 g/mol. The number of hydrogen-bond acceptors (Lipinski definition) is 8. The summed E-state index contributed by atoms with van der Waals surface area (Å²) >= 11 is 0. The molecule has 2 aromatic heterocycles. The van der Waals surface area contributed by atoms with Gasteiger partial charge in [0, 0.05) is 36.4 Å². The number of anilines is 3. The van der Waals surface area contributed by atoms with Crippen molar-refractivity contribution in [1.29, 1.82) is 0 Å². The van der Waals surface area contributed by atoms with Gasteiger partial charge in [0.2, 0.25) is 0 Å². The van der Waals surface area contributed by atoms with Gasteiger partial charge in [0.15, 0.2) is 11.5 Å². The third-order valence-electron chi connectivity index (χ3n) is 7.29. The Kier molecular flexibility index (Phi) is 10.5. The van der Waals surface area contributed by atoms with E-state index in [1.807, 2.05) is 26.8 Å². The highest BCUT2D eigenvalue weighted by molar-refractivity contribution is 6.01. The predicted octanol–water partition coefficient (Wildman–Crippen LogP) is 6.71. The SMILES string of the molecule is C=C(F)C(=O)Nc1cccc(CN(C(=O)OC(C)(C)C)c2cc(N3CCC(NC(=O)OC(C)(C)C)CC3)nc3c(C(C)C)cnn23)c1. The number of hydrogen-bond donors (Lipinski definition) is 2. The molecule has 0 aliphatic carbocycles. The lowest BCUT2D eigenvalue weighted by Crippen LogP contribution is -2.46.